The Morgan fingerprint density at radius 2 is 2.00 bits per heavy atom. The molecule has 0 fully saturated rings. The summed E-state index contributed by atoms with van der Waals surface area (Å²) in [5, 5.41) is 0. The van der Waals surface area contributed by atoms with E-state index in [9.17, 15) is 4.79 Å². The van der Waals surface area contributed by atoms with Crippen molar-refractivity contribution in [2.45, 2.75) is 33.2 Å². The van der Waals surface area contributed by atoms with E-state index in [-0.39, 0.29) is 5.91 Å². The molecule has 3 N–H and O–H groups in total. The Morgan fingerprint density at radius 3 is 2.56 bits per heavy atom. The number of nitrogens with zero attached hydrogens (tertiary/aromatic N) is 2. The molecule has 1 rings (SSSR count). The van der Waals surface area contributed by atoms with Crippen LogP contribution in [0.15, 0.2) is 18.2 Å². The smallest absolute Gasteiger partial charge is 0.283 e. The Balaban J connectivity index is 2.73. The number of nitrogen functional groups attached to an aromatic ring is 1. The van der Waals surface area contributed by atoms with Gasteiger partial charge in [-0.05, 0) is 38.1 Å². The minimum atomic E-state index is -0.352. The lowest BCUT2D eigenvalue weighted by Gasteiger charge is -2.20. The molecule has 0 spiro atoms. The summed E-state index contributed by atoms with van der Waals surface area (Å²) in [6, 6.07) is 5.43. The second kappa shape index (κ2) is 7.79. The van der Waals surface area contributed by atoms with Crippen molar-refractivity contribution in [2.75, 3.05) is 13.1 Å². The van der Waals surface area contributed by atoms with Crippen LogP contribution in [-0.2, 0) is 6.54 Å². The van der Waals surface area contributed by atoms with Gasteiger partial charge in [-0.2, -0.15) is 0 Å². The van der Waals surface area contributed by atoms with Crippen molar-refractivity contribution in [1.29, 1.82) is 0 Å². The van der Waals surface area contributed by atoms with Gasteiger partial charge in [0.15, 0.2) is 0 Å². The molecule has 1 aromatic rings. The molecule has 1 heterocycles. The second-order valence-electron chi connectivity index (χ2n) is 4.26. The van der Waals surface area contributed by atoms with Gasteiger partial charge in [0.25, 0.3) is 5.91 Å². The number of carbonyl (C=O) groups excluding carboxylic acids is 1. The van der Waals surface area contributed by atoms with Crippen molar-refractivity contribution in [3.63, 3.8) is 0 Å². The fourth-order valence-corrected chi connectivity index (χ4v) is 1.90. The number of rotatable bonds is 7. The number of hydrogen-bond donors (Lipinski definition) is 2. The van der Waals surface area contributed by atoms with Gasteiger partial charge >= 0.3 is 0 Å². The lowest BCUT2D eigenvalue weighted by molar-refractivity contribution is 0.0948. The Hall–Kier alpha value is -1.46. The molecule has 1 aromatic heterocycles. The number of nitrogens with one attached hydrogen (secondary N) is 1. The number of hydrogen-bond acceptors (Lipinski definition) is 4. The Morgan fingerprint density at radius 1 is 1.33 bits per heavy atom. The van der Waals surface area contributed by atoms with E-state index in [1.165, 1.54) is 0 Å². The van der Waals surface area contributed by atoms with E-state index in [1.807, 2.05) is 12.1 Å². The third kappa shape index (κ3) is 4.43. The molecular weight excluding hydrogens is 228 g/mol. The largest absolute Gasteiger partial charge is 0.298 e. The third-order valence-electron chi connectivity index (χ3n) is 2.64. The summed E-state index contributed by atoms with van der Waals surface area (Å²) >= 11 is 0. The number of hydrazine groups is 1. The first-order valence-electron chi connectivity index (χ1n) is 6.40. The van der Waals surface area contributed by atoms with E-state index in [1.54, 1.807) is 6.07 Å². The highest BCUT2D eigenvalue weighted by atomic mass is 16.2. The minimum absolute atomic E-state index is 0.352. The average molecular weight is 250 g/mol. The number of carbonyl (C=O) groups is 1. The summed E-state index contributed by atoms with van der Waals surface area (Å²) in [4.78, 5) is 18.0. The van der Waals surface area contributed by atoms with Gasteiger partial charge in [-0.1, -0.05) is 19.9 Å². The predicted octanol–water partition coefficient (Wildman–Crippen LogP) is 1.31. The first-order valence-corrected chi connectivity index (χ1v) is 6.40. The van der Waals surface area contributed by atoms with Crippen LogP contribution in [0.2, 0.25) is 0 Å². The number of pyridine rings is 1. The molecule has 0 saturated heterocycles. The molecule has 0 bridgehead atoms. The van der Waals surface area contributed by atoms with Crippen LogP contribution in [0.5, 0.6) is 0 Å². The van der Waals surface area contributed by atoms with Crippen LogP contribution in [-0.4, -0.2) is 28.9 Å². The maximum Gasteiger partial charge on any atom is 0.283 e. The maximum absolute atomic E-state index is 11.4. The third-order valence-corrected chi connectivity index (χ3v) is 2.64. The van der Waals surface area contributed by atoms with Crippen LogP contribution >= 0.6 is 0 Å². The highest BCUT2D eigenvalue weighted by Gasteiger charge is 2.08. The Bertz CT molecular complexity index is 375. The zero-order valence-corrected chi connectivity index (χ0v) is 11.1. The first-order chi connectivity index (χ1) is 8.71. The molecule has 0 saturated carbocycles. The topological polar surface area (TPSA) is 71.2 Å². The number of aromatic nitrogens is 1. The van der Waals surface area contributed by atoms with Crippen molar-refractivity contribution in [3.8, 4) is 0 Å². The quantitative estimate of drug-likeness (QED) is 0.435. The summed E-state index contributed by atoms with van der Waals surface area (Å²) in [6.45, 7) is 7.18. The molecule has 5 nitrogen and oxygen atoms in total. The van der Waals surface area contributed by atoms with Crippen LogP contribution in [0.1, 0.15) is 42.9 Å². The molecule has 1 amide bonds. The van der Waals surface area contributed by atoms with Crippen molar-refractivity contribution in [2.24, 2.45) is 5.84 Å². The summed E-state index contributed by atoms with van der Waals surface area (Å²) in [5.41, 5.74) is 3.36. The van der Waals surface area contributed by atoms with Crippen LogP contribution in [0.3, 0.4) is 0 Å². The van der Waals surface area contributed by atoms with Gasteiger partial charge in [-0.15, -0.1) is 0 Å². The van der Waals surface area contributed by atoms with Gasteiger partial charge < -0.3 is 0 Å². The summed E-state index contributed by atoms with van der Waals surface area (Å²) in [7, 11) is 0. The van der Waals surface area contributed by atoms with E-state index < -0.39 is 0 Å². The molecule has 0 atom stereocenters. The SMILES string of the molecule is CCCN(CCC)Cc1cccc(C(=O)NN)n1. The highest BCUT2D eigenvalue weighted by Crippen LogP contribution is 2.05. The minimum Gasteiger partial charge on any atom is -0.298 e. The molecule has 0 aromatic carbocycles. The van der Waals surface area contributed by atoms with Crippen molar-refractivity contribution >= 4 is 5.91 Å². The van der Waals surface area contributed by atoms with Gasteiger partial charge in [0.05, 0.1) is 5.69 Å². The summed E-state index contributed by atoms with van der Waals surface area (Å²) in [6.07, 6.45) is 2.23. The Kier molecular flexibility index (Phi) is 6.32. The van der Waals surface area contributed by atoms with Crippen molar-refractivity contribution in [1.82, 2.24) is 15.3 Å². The maximum atomic E-state index is 11.4. The van der Waals surface area contributed by atoms with Gasteiger partial charge in [-0.25, -0.2) is 10.8 Å². The molecule has 5 heteroatoms. The van der Waals surface area contributed by atoms with Gasteiger partial charge in [0.2, 0.25) is 0 Å². The number of amides is 1. The van der Waals surface area contributed by atoms with Crippen LogP contribution < -0.4 is 11.3 Å². The standard InChI is InChI=1S/C13H22N4O/c1-3-8-17(9-4-2)10-11-6-5-7-12(15-11)13(18)16-14/h5-7H,3-4,8-10,14H2,1-2H3,(H,16,18). The Labute approximate surface area is 108 Å². The van der Waals surface area contributed by atoms with Crippen molar-refractivity contribution in [3.05, 3.63) is 29.6 Å². The molecule has 100 valence electrons. The lowest BCUT2D eigenvalue weighted by Crippen LogP contribution is -2.31. The fraction of sp³-hybridized carbons (Fsp3) is 0.538. The van der Waals surface area contributed by atoms with Crippen molar-refractivity contribution < 1.29 is 4.79 Å². The first kappa shape index (κ1) is 14.6. The van der Waals surface area contributed by atoms with Gasteiger partial charge in [0.1, 0.15) is 5.69 Å². The zero-order chi connectivity index (χ0) is 13.4. The second-order valence-corrected chi connectivity index (χ2v) is 4.26. The predicted molar refractivity (Wildman–Crippen MR) is 71.7 cm³/mol. The molecule has 0 aliphatic rings. The summed E-state index contributed by atoms with van der Waals surface area (Å²) in [5.74, 6) is 4.75. The van der Waals surface area contributed by atoms with E-state index in [0.717, 1.165) is 38.2 Å². The lowest BCUT2D eigenvalue weighted by atomic mass is 10.2. The monoisotopic (exact) mass is 250 g/mol. The van der Waals surface area contributed by atoms with Crippen LogP contribution in [0, 0.1) is 0 Å². The van der Waals surface area contributed by atoms with Crippen LogP contribution in [0.4, 0.5) is 0 Å². The van der Waals surface area contributed by atoms with Gasteiger partial charge in [0, 0.05) is 6.54 Å². The average Bonchev–Trinajstić information content (AvgIpc) is 2.39. The van der Waals surface area contributed by atoms with Crippen LogP contribution in [0.25, 0.3) is 0 Å². The molecular formula is C13H22N4O. The number of nitrogens with two attached hydrogens (primary N) is 1. The van der Waals surface area contributed by atoms with Gasteiger partial charge in [-0.3, -0.25) is 15.1 Å². The molecule has 0 aliphatic heterocycles. The van der Waals surface area contributed by atoms with E-state index in [4.69, 9.17) is 5.84 Å². The molecule has 18 heavy (non-hydrogen) atoms. The fourth-order valence-electron chi connectivity index (χ4n) is 1.90. The van der Waals surface area contributed by atoms with E-state index >= 15 is 0 Å². The molecule has 0 unspecified atom stereocenters. The summed E-state index contributed by atoms with van der Waals surface area (Å²) < 4.78 is 0. The molecule has 0 radical (unpaired) electrons. The highest BCUT2D eigenvalue weighted by molar-refractivity contribution is 5.91. The van der Waals surface area contributed by atoms with E-state index in [0.29, 0.717) is 5.69 Å². The zero-order valence-electron chi connectivity index (χ0n) is 11.1. The molecule has 0 aliphatic carbocycles. The van der Waals surface area contributed by atoms with E-state index in [2.05, 4.69) is 29.2 Å². The normalized spacial score (nSPS) is 10.7.